The van der Waals surface area contributed by atoms with Crippen LogP contribution in [0.25, 0.3) is 0 Å². The van der Waals surface area contributed by atoms with Crippen LogP contribution in [0.3, 0.4) is 0 Å². The lowest BCUT2D eigenvalue weighted by Gasteiger charge is -2.49. The van der Waals surface area contributed by atoms with E-state index in [1.807, 2.05) is 0 Å². The maximum Gasteiger partial charge on any atom is 0.0685 e. The van der Waals surface area contributed by atoms with Crippen molar-refractivity contribution in [3.63, 3.8) is 0 Å². The topological polar surface area (TPSA) is 21.3 Å². The monoisotopic (exact) mass is 285 g/mol. The molecule has 2 unspecified atom stereocenters. The van der Waals surface area contributed by atoms with Crippen molar-refractivity contribution in [2.75, 3.05) is 24.7 Å². The van der Waals surface area contributed by atoms with E-state index in [1.165, 1.54) is 43.6 Å². The van der Waals surface area contributed by atoms with E-state index in [2.05, 4.69) is 37.8 Å². The minimum atomic E-state index is 0.291. The van der Waals surface area contributed by atoms with E-state index in [0.29, 0.717) is 11.6 Å². The fraction of sp³-hybridized carbons (Fsp3) is 1.00. The Kier molecular flexibility index (Phi) is 6.04. The van der Waals surface area contributed by atoms with Gasteiger partial charge in [-0.05, 0) is 56.2 Å². The lowest BCUT2D eigenvalue weighted by atomic mass is 9.70. The molecule has 1 heterocycles. The predicted molar refractivity (Wildman–Crippen MR) is 84.9 cm³/mol. The molecule has 1 saturated carbocycles. The molecule has 0 bridgehead atoms. The van der Waals surface area contributed by atoms with Gasteiger partial charge in [-0.25, -0.2) is 0 Å². The van der Waals surface area contributed by atoms with Gasteiger partial charge < -0.3 is 10.1 Å². The molecule has 19 heavy (non-hydrogen) atoms. The summed E-state index contributed by atoms with van der Waals surface area (Å²) in [6, 6.07) is 0.690. The first kappa shape index (κ1) is 15.7. The molecule has 0 aromatic carbocycles. The minimum absolute atomic E-state index is 0.291. The molecule has 112 valence electrons. The van der Waals surface area contributed by atoms with E-state index in [0.717, 1.165) is 25.0 Å². The van der Waals surface area contributed by atoms with Crippen LogP contribution < -0.4 is 5.32 Å². The maximum absolute atomic E-state index is 6.07. The molecule has 2 nitrogen and oxygen atoms in total. The quantitative estimate of drug-likeness (QED) is 0.770. The molecule has 0 amide bonds. The van der Waals surface area contributed by atoms with Crippen molar-refractivity contribution in [1.82, 2.24) is 5.32 Å². The average Bonchev–Trinajstić information content (AvgIpc) is 2.36. The largest absolute Gasteiger partial charge is 0.375 e. The van der Waals surface area contributed by atoms with Crippen LogP contribution in [0.4, 0.5) is 0 Å². The Hall–Kier alpha value is 0.270. The molecule has 1 spiro atoms. The standard InChI is InChI=1S/C16H31NOS/c1-4-17-15(12-19-11-13(2)3)14-6-9-18-16(10-14)7-5-8-16/h13-15,17H,4-12H2,1-3H3. The van der Waals surface area contributed by atoms with Crippen molar-refractivity contribution in [3.05, 3.63) is 0 Å². The third-order valence-corrected chi connectivity index (χ3v) is 6.08. The van der Waals surface area contributed by atoms with Crippen LogP contribution in [0.15, 0.2) is 0 Å². The molecule has 1 aliphatic carbocycles. The Morgan fingerprint density at radius 2 is 2.11 bits per heavy atom. The Bertz CT molecular complexity index is 265. The zero-order chi connectivity index (χ0) is 13.7. The van der Waals surface area contributed by atoms with Gasteiger partial charge in [0, 0.05) is 18.4 Å². The molecule has 1 aliphatic heterocycles. The molecule has 2 fully saturated rings. The number of ether oxygens (including phenoxy) is 1. The Balaban J connectivity index is 1.82. The molecule has 1 saturated heterocycles. The first-order valence-corrected chi connectivity index (χ1v) is 9.26. The normalized spacial score (nSPS) is 27.5. The van der Waals surface area contributed by atoms with E-state index in [9.17, 15) is 0 Å². The summed E-state index contributed by atoms with van der Waals surface area (Å²) in [4.78, 5) is 0. The van der Waals surface area contributed by atoms with E-state index in [1.54, 1.807) is 0 Å². The number of nitrogens with one attached hydrogen (secondary N) is 1. The summed E-state index contributed by atoms with van der Waals surface area (Å²) in [6.45, 7) is 8.94. The molecule has 2 rings (SSSR count). The van der Waals surface area contributed by atoms with Gasteiger partial charge in [-0.2, -0.15) is 11.8 Å². The Morgan fingerprint density at radius 1 is 1.32 bits per heavy atom. The van der Waals surface area contributed by atoms with Gasteiger partial charge in [0.05, 0.1) is 5.60 Å². The fourth-order valence-corrected chi connectivity index (χ4v) is 4.63. The van der Waals surface area contributed by atoms with Crippen molar-refractivity contribution in [2.24, 2.45) is 11.8 Å². The van der Waals surface area contributed by atoms with Crippen LogP contribution in [-0.4, -0.2) is 36.3 Å². The second-order valence-corrected chi connectivity index (χ2v) is 7.81. The number of hydrogen-bond donors (Lipinski definition) is 1. The van der Waals surface area contributed by atoms with Gasteiger partial charge in [-0.3, -0.25) is 0 Å². The molecule has 2 atom stereocenters. The Morgan fingerprint density at radius 3 is 2.68 bits per heavy atom. The summed E-state index contributed by atoms with van der Waals surface area (Å²) in [5.74, 6) is 4.19. The summed E-state index contributed by atoms with van der Waals surface area (Å²) >= 11 is 2.13. The molecule has 3 heteroatoms. The van der Waals surface area contributed by atoms with Crippen molar-refractivity contribution in [1.29, 1.82) is 0 Å². The lowest BCUT2D eigenvalue weighted by molar-refractivity contribution is -0.146. The number of thioether (sulfide) groups is 1. The highest BCUT2D eigenvalue weighted by molar-refractivity contribution is 7.99. The van der Waals surface area contributed by atoms with Gasteiger partial charge in [0.1, 0.15) is 0 Å². The van der Waals surface area contributed by atoms with Gasteiger partial charge in [0.25, 0.3) is 0 Å². The zero-order valence-corrected chi connectivity index (χ0v) is 13.7. The summed E-state index contributed by atoms with van der Waals surface area (Å²) in [6.07, 6.45) is 6.54. The second kappa shape index (κ2) is 7.33. The van der Waals surface area contributed by atoms with Crippen molar-refractivity contribution < 1.29 is 4.74 Å². The minimum Gasteiger partial charge on any atom is -0.375 e. The molecular weight excluding hydrogens is 254 g/mol. The lowest BCUT2D eigenvalue weighted by Crippen LogP contribution is -2.51. The van der Waals surface area contributed by atoms with Crippen LogP contribution in [0, 0.1) is 11.8 Å². The summed E-state index contributed by atoms with van der Waals surface area (Å²) in [5.41, 5.74) is 0.291. The molecular formula is C16H31NOS. The third-order valence-electron chi connectivity index (χ3n) is 4.58. The van der Waals surface area contributed by atoms with Crippen molar-refractivity contribution in [2.45, 2.75) is 64.5 Å². The summed E-state index contributed by atoms with van der Waals surface area (Å²) < 4.78 is 6.07. The first-order valence-electron chi connectivity index (χ1n) is 8.10. The molecule has 0 aromatic rings. The average molecular weight is 285 g/mol. The maximum atomic E-state index is 6.07. The van der Waals surface area contributed by atoms with Gasteiger partial charge in [0.15, 0.2) is 0 Å². The molecule has 0 aromatic heterocycles. The van der Waals surface area contributed by atoms with E-state index in [4.69, 9.17) is 4.74 Å². The highest BCUT2D eigenvalue weighted by Crippen LogP contribution is 2.45. The SMILES string of the molecule is CCNC(CSCC(C)C)C1CCOC2(CCC2)C1. The molecule has 1 N–H and O–H groups in total. The summed E-state index contributed by atoms with van der Waals surface area (Å²) in [5, 5.41) is 3.74. The second-order valence-electron chi connectivity index (χ2n) is 6.73. The molecule has 2 aliphatic rings. The van der Waals surface area contributed by atoms with Crippen LogP contribution >= 0.6 is 11.8 Å². The van der Waals surface area contributed by atoms with Crippen LogP contribution in [0.2, 0.25) is 0 Å². The third kappa shape index (κ3) is 4.37. The van der Waals surface area contributed by atoms with Crippen molar-refractivity contribution in [3.8, 4) is 0 Å². The van der Waals surface area contributed by atoms with E-state index >= 15 is 0 Å². The highest BCUT2D eigenvalue weighted by atomic mass is 32.2. The molecule has 0 radical (unpaired) electrons. The van der Waals surface area contributed by atoms with Crippen LogP contribution in [0.5, 0.6) is 0 Å². The van der Waals surface area contributed by atoms with Gasteiger partial charge in [0.2, 0.25) is 0 Å². The van der Waals surface area contributed by atoms with Crippen LogP contribution in [0.1, 0.15) is 52.9 Å². The zero-order valence-electron chi connectivity index (χ0n) is 12.9. The first-order chi connectivity index (χ1) is 9.15. The summed E-state index contributed by atoms with van der Waals surface area (Å²) in [7, 11) is 0. The fourth-order valence-electron chi connectivity index (χ4n) is 3.38. The van der Waals surface area contributed by atoms with Gasteiger partial charge in [-0.15, -0.1) is 0 Å². The van der Waals surface area contributed by atoms with E-state index in [-0.39, 0.29) is 0 Å². The van der Waals surface area contributed by atoms with Crippen molar-refractivity contribution >= 4 is 11.8 Å². The van der Waals surface area contributed by atoms with Gasteiger partial charge >= 0.3 is 0 Å². The number of rotatable bonds is 7. The smallest absolute Gasteiger partial charge is 0.0685 e. The predicted octanol–water partition coefficient (Wildman–Crippen LogP) is 3.70. The van der Waals surface area contributed by atoms with E-state index < -0.39 is 0 Å². The van der Waals surface area contributed by atoms with Gasteiger partial charge in [-0.1, -0.05) is 20.8 Å². The number of hydrogen-bond acceptors (Lipinski definition) is 3. The van der Waals surface area contributed by atoms with Crippen LogP contribution in [-0.2, 0) is 4.74 Å². The highest BCUT2D eigenvalue weighted by Gasteiger charge is 2.44. The Labute approximate surface area is 123 Å².